The molecule has 1 unspecified atom stereocenters. The Kier molecular flexibility index (Phi) is 5.50. The molecule has 0 saturated carbocycles. The summed E-state index contributed by atoms with van der Waals surface area (Å²) in [5.41, 5.74) is 1.13. The first-order valence-electron chi connectivity index (χ1n) is 8.16. The summed E-state index contributed by atoms with van der Waals surface area (Å²) in [6.07, 6.45) is 4.18. The number of benzene rings is 1. The normalized spacial score (nSPS) is 12.0. The molecular weight excluding hydrogens is 320 g/mol. The van der Waals surface area contributed by atoms with E-state index in [1.165, 1.54) is 6.33 Å². The summed E-state index contributed by atoms with van der Waals surface area (Å²) in [5, 5.41) is 10.8. The smallest absolute Gasteiger partial charge is 0.228 e. The predicted molar refractivity (Wildman–Crippen MR) is 89.4 cm³/mol. The topological polar surface area (TPSA) is 98.7 Å². The Morgan fingerprint density at radius 2 is 2.16 bits per heavy atom. The van der Waals surface area contributed by atoms with Crippen LogP contribution in [0.5, 0.6) is 0 Å². The summed E-state index contributed by atoms with van der Waals surface area (Å²) in [7, 11) is 0. The Bertz CT molecular complexity index is 785. The minimum absolute atomic E-state index is 0.0421. The summed E-state index contributed by atoms with van der Waals surface area (Å²) < 4.78 is 6.87. The summed E-state index contributed by atoms with van der Waals surface area (Å²) in [6, 6.07) is 9.97. The number of carbonyl (C=O) groups is 1. The molecule has 0 saturated heterocycles. The molecule has 0 spiro atoms. The van der Waals surface area contributed by atoms with Crippen LogP contribution in [0.3, 0.4) is 0 Å². The van der Waals surface area contributed by atoms with Crippen LogP contribution in [-0.2, 0) is 24.2 Å². The van der Waals surface area contributed by atoms with Crippen LogP contribution >= 0.6 is 0 Å². The zero-order valence-corrected chi connectivity index (χ0v) is 14.0. The van der Waals surface area contributed by atoms with Gasteiger partial charge < -0.3 is 9.84 Å². The van der Waals surface area contributed by atoms with Gasteiger partial charge in [0.15, 0.2) is 5.82 Å². The van der Waals surface area contributed by atoms with Gasteiger partial charge >= 0.3 is 0 Å². The van der Waals surface area contributed by atoms with Crippen LogP contribution in [-0.4, -0.2) is 37.4 Å². The van der Waals surface area contributed by atoms with Crippen LogP contribution < -0.4 is 5.32 Å². The lowest BCUT2D eigenvalue weighted by Gasteiger charge is -2.11. The van der Waals surface area contributed by atoms with Gasteiger partial charge in [-0.3, -0.25) is 9.48 Å². The Morgan fingerprint density at radius 3 is 2.92 bits per heavy atom. The molecule has 1 amide bonds. The lowest BCUT2D eigenvalue weighted by Crippen LogP contribution is -2.33. The molecule has 3 aromatic rings. The molecule has 0 aliphatic carbocycles. The van der Waals surface area contributed by atoms with E-state index in [1.54, 1.807) is 11.0 Å². The number of nitrogens with one attached hydrogen (secondary N) is 1. The highest BCUT2D eigenvalue weighted by Gasteiger charge is 2.14. The number of rotatable bonds is 8. The lowest BCUT2D eigenvalue weighted by molar-refractivity contribution is -0.124. The maximum absolute atomic E-state index is 12.1. The van der Waals surface area contributed by atoms with Crippen molar-refractivity contribution < 1.29 is 9.32 Å². The highest BCUT2D eigenvalue weighted by atomic mass is 16.5. The summed E-state index contributed by atoms with van der Waals surface area (Å²) in [5.74, 6) is 0.930. The molecule has 25 heavy (non-hydrogen) atoms. The molecule has 0 aliphatic rings. The minimum Gasteiger partial charge on any atom is -0.355 e. The second kappa shape index (κ2) is 8.18. The average Bonchev–Trinajstić information content (AvgIpc) is 3.28. The van der Waals surface area contributed by atoms with E-state index in [4.69, 9.17) is 4.52 Å². The van der Waals surface area contributed by atoms with Crippen molar-refractivity contribution in [1.82, 2.24) is 30.2 Å². The maximum atomic E-state index is 12.1. The molecular formula is C17H20N6O2. The number of nitrogens with zero attached hydrogens (tertiary/aromatic N) is 5. The van der Waals surface area contributed by atoms with Crippen molar-refractivity contribution >= 4 is 5.91 Å². The van der Waals surface area contributed by atoms with Crippen molar-refractivity contribution in [2.75, 3.05) is 6.54 Å². The fourth-order valence-corrected chi connectivity index (χ4v) is 2.40. The van der Waals surface area contributed by atoms with Crippen molar-refractivity contribution in [1.29, 1.82) is 0 Å². The van der Waals surface area contributed by atoms with Crippen molar-refractivity contribution in [3.8, 4) is 0 Å². The third kappa shape index (κ3) is 4.97. The number of hydrogen-bond donors (Lipinski definition) is 1. The highest BCUT2D eigenvalue weighted by molar-refractivity contribution is 5.78. The molecule has 2 aromatic heterocycles. The largest absolute Gasteiger partial charge is 0.355 e. The van der Waals surface area contributed by atoms with Gasteiger partial charge in [0.05, 0.1) is 12.5 Å². The maximum Gasteiger partial charge on any atom is 0.228 e. The third-order valence-electron chi connectivity index (χ3n) is 3.73. The van der Waals surface area contributed by atoms with E-state index in [1.807, 2.05) is 37.3 Å². The molecule has 1 aromatic carbocycles. The van der Waals surface area contributed by atoms with E-state index >= 15 is 0 Å². The van der Waals surface area contributed by atoms with Crippen LogP contribution in [0.4, 0.5) is 0 Å². The Hall–Kier alpha value is -3.03. The first-order chi connectivity index (χ1) is 12.2. The zero-order chi connectivity index (χ0) is 17.5. The lowest BCUT2D eigenvalue weighted by atomic mass is 10.1. The van der Waals surface area contributed by atoms with E-state index in [-0.39, 0.29) is 11.8 Å². The summed E-state index contributed by atoms with van der Waals surface area (Å²) >= 11 is 0. The molecule has 8 nitrogen and oxygen atoms in total. The molecule has 3 rings (SSSR count). The second-order valence-corrected chi connectivity index (χ2v) is 5.83. The van der Waals surface area contributed by atoms with Crippen molar-refractivity contribution in [3.05, 3.63) is 60.3 Å². The first-order valence-corrected chi connectivity index (χ1v) is 8.16. The quantitative estimate of drug-likeness (QED) is 0.662. The summed E-state index contributed by atoms with van der Waals surface area (Å²) in [6.45, 7) is 2.79. The van der Waals surface area contributed by atoms with E-state index < -0.39 is 0 Å². The van der Waals surface area contributed by atoms with Crippen LogP contribution in [0, 0.1) is 5.92 Å². The van der Waals surface area contributed by atoms with Crippen LogP contribution in [0.25, 0.3) is 0 Å². The third-order valence-corrected chi connectivity index (χ3v) is 3.73. The monoisotopic (exact) mass is 340 g/mol. The zero-order valence-electron chi connectivity index (χ0n) is 14.0. The fraction of sp³-hybridized carbons (Fsp3) is 0.353. The highest BCUT2D eigenvalue weighted by Crippen LogP contribution is 2.07. The van der Waals surface area contributed by atoms with E-state index in [2.05, 4.69) is 25.5 Å². The molecule has 0 bridgehead atoms. The van der Waals surface area contributed by atoms with E-state index in [0.29, 0.717) is 37.6 Å². The van der Waals surface area contributed by atoms with E-state index in [0.717, 1.165) is 5.56 Å². The Morgan fingerprint density at radius 1 is 1.32 bits per heavy atom. The number of aromatic nitrogens is 5. The minimum atomic E-state index is -0.196. The van der Waals surface area contributed by atoms with E-state index in [9.17, 15) is 4.79 Å². The number of hydrogen-bond acceptors (Lipinski definition) is 6. The average molecular weight is 340 g/mol. The van der Waals surface area contributed by atoms with Crippen LogP contribution in [0.1, 0.15) is 24.2 Å². The molecule has 2 heterocycles. The van der Waals surface area contributed by atoms with Gasteiger partial charge in [0.2, 0.25) is 11.8 Å². The van der Waals surface area contributed by atoms with Crippen molar-refractivity contribution in [2.45, 2.75) is 26.3 Å². The summed E-state index contributed by atoms with van der Waals surface area (Å²) in [4.78, 5) is 20.3. The standard InChI is InChI=1S/C17H20N6O2/c1-13(10-23-12-18-11-20-23)17(24)19-8-7-16-21-15(22-25-16)9-14-5-3-2-4-6-14/h2-6,11-13H,7-10H2,1H3,(H,19,24). The molecule has 130 valence electrons. The van der Waals surface area contributed by atoms with Gasteiger partial charge in [-0.2, -0.15) is 10.1 Å². The van der Waals surface area contributed by atoms with Crippen LogP contribution in [0.15, 0.2) is 47.5 Å². The molecule has 8 heteroatoms. The SMILES string of the molecule is CC(Cn1cncn1)C(=O)NCCc1nc(Cc2ccccc2)no1. The number of carbonyl (C=O) groups excluding carboxylic acids is 1. The van der Waals surface area contributed by atoms with Gasteiger partial charge in [-0.1, -0.05) is 42.4 Å². The fourth-order valence-electron chi connectivity index (χ4n) is 2.40. The predicted octanol–water partition coefficient (Wildman–Crippen LogP) is 1.25. The second-order valence-electron chi connectivity index (χ2n) is 5.83. The van der Waals surface area contributed by atoms with Gasteiger partial charge in [0.1, 0.15) is 12.7 Å². The van der Waals surface area contributed by atoms with Crippen LogP contribution in [0.2, 0.25) is 0 Å². The van der Waals surface area contributed by atoms with Gasteiger partial charge in [-0.05, 0) is 5.56 Å². The van der Waals surface area contributed by atoms with Gasteiger partial charge in [-0.25, -0.2) is 4.98 Å². The van der Waals surface area contributed by atoms with Gasteiger partial charge in [0, 0.05) is 19.4 Å². The van der Waals surface area contributed by atoms with Crippen molar-refractivity contribution in [3.63, 3.8) is 0 Å². The van der Waals surface area contributed by atoms with Gasteiger partial charge in [0.25, 0.3) is 0 Å². The van der Waals surface area contributed by atoms with Gasteiger partial charge in [-0.15, -0.1) is 0 Å². The Balaban J connectivity index is 1.42. The first kappa shape index (κ1) is 16.8. The number of amides is 1. The molecule has 1 atom stereocenters. The molecule has 0 aliphatic heterocycles. The Labute approximate surface area is 145 Å². The molecule has 0 radical (unpaired) electrons. The molecule has 0 fully saturated rings. The molecule has 1 N–H and O–H groups in total. The van der Waals surface area contributed by atoms with Crippen molar-refractivity contribution in [2.24, 2.45) is 5.92 Å².